The highest BCUT2D eigenvalue weighted by atomic mass is 127. The summed E-state index contributed by atoms with van der Waals surface area (Å²) in [6.07, 6.45) is -1.55. The van der Waals surface area contributed by atoms with Gasteiger partial charge in [-0.2, -0.15) is 13.2 Å². The van der Waals surface area contributed by atoms with Gasteiger partial charge in [-0.15, -0.1) is 0 Å². The summed E-state index contributed by atoms with van der Waals surface area (Å²) < 4.78 is 47.5. The van der Waals surface area contributed by atoms with E-state index in [-0.39, 0.29) is 23.9 Å². The number of ether oxygens (including phenoxy) is 1. The Bertz CT molecular complexity index is 677. The predicted molar refractivity (Wildman–Crippen MR) is 83.5 cm³/mol. The number of hydrogen-bond donors (Lipinski definition) is 0. The molecule has 0 saturated heterocycles. The van der Waals surface area contributed by atoms with Crippen LogP contribution in [0.15, 0.2) is 25.0 Å². The molecule has 0 aliphatic heterocycles. The third-order valence-electron chi connectivity index (χ3n) is 2.97. The molecule has 0 atom stereocenters. The molecule has 0 fully saturated rings. The van der Waals surface area contributed by atoms with Crippen molar-refractivity contribution in [2.75, 3.05) is 6.61 Å². The summed E-state index contributed by atoms with van der Waals surface area (Å²) in [5.41, 5.74) is -0.339. The largest absolute Gasteiger partial charge is 0.488 e. The number of hydrogen-bond acceptors (Lipinski definition) is 2. The summed E-state index contributed by atoms with van der Waals surface area (Å²) in [5.74, 6) is 0.171. The molecule has 1 heterocycles. The van der Waals surface area contributed by atoms with E-state index in [9.17, 15) is 13.2 Å². The van der Waals surface area contributed by atoms with Gasteiger partial charge in [-0.25, -0.2) is 4.98 Å². The van der Waals surface area contributed by atoms with Gasteiger partial charge in [-0.05, 0) is 42.5 Å². The highest BCUT2D eigenvalue weighted by molar-refractivity contribution is 14.1. The van der Waals surface area contributed by atoms with Gasteiger partial charge in [-0.1, -0.05) is 12.7 Å². The summed E-state index contributed by atoms with van der Waals surface area (Å²) >= 11 is 1.96. The van der Waals surface area contributed by atoms with Crippen molar-refractivity contribution in [3.05, 3.63) is 34.2 Å². The normalized spacial score (nSPS) is 12.1. The maximum atomic E-state index is 13.4. The SMILES string of the molecule is C=CCOc1cc(C(F)(F)F)c2c(ncn2C(C)C)c1I. The number of fused-ring (bicyclic) bond motifs is 1. The lowest BCUT2D eigenvalue weighted by Crippen LogP contribution is -2.11. The zero-order valence-electron chi connectivity index (χ0n) is 11.5. The molecule has 7 heteroatoms. The Balaban J connectivity index is 2.78. The van der Waals surface area contributed by atoms with E-state index < -0.39 is 11.7 Å². The molecule has 1 aromatic carbocycles. The first kappa shape index (κ1) is 16.1. The van der Waals surface area contributed by atoms with E-state index in [0.29, 0.717) is 9.09 Å². The molecular formula is C14H14F3IN2O. The second-order valence-corrected chi connectivity index (χ2v) is 5.86. The summed E-state index contributed by atoms with van der Waals surface area (Å²) in [7, 11) is 0. The van der Waals surface area contributed by atoms with E-state index in [4.69, 9.17) is 4.74 Å². The van der Waals surface area contributed by atoms with Gasteiger partial charge in [0.25, 0.3) is 0 Å². The molecule has 2 rings (SSSR count). The van der Waals surface area contributed by atoms with Gasteiger partial charge in [0.2, 0.25) is 0 Å². The smallest absolute Gasteiger partial charge is 0.418 e. The van der Waals surface area contributed by atoms with Gasteiger partial charge in [0.15, 0.2) is 0 Å². The molecule has 3 nitrogen and oxygen atoms in total. The molecule has 0 radical (unpaired) electrons. The number of alkyl halides is 3. The number of nitrogens with zero attached hydrogens (tertiary/aromatic N) is 2. The van der Waals surface area contributed by atoms with E-state index in [0.717, 1.165) is 6.07 Å². The number of rotatable bonds is 4. The van der Waals surface area contributed by atoms with Crippen molar-refractivity contribution >= 4 is 33.6 Å². The van der Waals surface area contributed by atoms with E-state index in [1.165, 1.54) is 17.0 Å². The highest BCUT2D eigenvalue weighted by Gasteiger charge is 2.36. The lowest BCUT2D eigenvalue weighted by molar-refractivity contribution is -0.136. The molecule has 0 unspecified atom stereocenters. The zero-order chi connectivity index (χ0) is 15.8. The minimum atomic E-state index is -4.47. The van der Waals surface area contributed by atoms with Crippen molar-refractivity contribution in [3.8, 4) is 5.75 Å². The zero-order valence-corrected chi connectivity index (χ0v) is 13.7. The van der Waals surface area contributed by atoms with Crippen LogP contribution in [0.3, 0.4) is 0 Å². The quantitative estimate of drug-likeness (QED) is 0.535. The van der Waals surface area contributed by atoms with Crippen molar-refractivity contribution in [1.29, 1.82) is 0 Å². The number of halogens is 4. The Labute approximate surface area is 133 Å². The van der Waals surface area contributed by atoms with Gasteiger partial charge in [0.1, 0.15) is 17.9 Å². The van der Waals surface area contributed by atoms with Crippen LogP contribution in [0.5, 0.6) is 5.75 Å². The molecule has 1 aromatic heterocycles. The second kappa shape index (κ2) is 5.86. The first-order chi connectivity index (χ1) is 9.77. The first-order valence-corrected chi connectivity index (χ1v) is 7.35. The first-order valence-electron chi connectivity index (χ1n) is 6.27. The molecule has 114 valence electrons. The Morgan fingerprint density at radius 3 is 2.67 bits per heavy atom. The molecule has 0 aliphatic rings. The molecule has 0 amide bonds. The maximum Gasteiger partial charge on any atom is 0.418 e. The molecule has 0 aliphatic carbocycles. The third-order valence-corrected chi connectivity index (χ3v) is 4.01. The molecule has 21 heavy (non-hydrogen) atoms. The lowest BCUT2D eigenvalue weighted by Gasteiger charge is -2.16. The van der Waals surface area contributed by atoms with Gasteiger partial charge < -0.3 is 9.30 Å². The van der Waals surface area contributed by atoms with Crippen LogP contribution in [-0.2, 0) is 6.18 Å². The van der Waals surface area contributed by atoms with Crippen LogP contribution in [0, 0.1) is 3.57 Å². The van der Waals surface area contributed by atoms with Crippen LogP contribution >= 0.6 is 22.6 Å². The molecule has 0 spiro atoms. The Kier molecular flexibility index (Phi) is 4.50. The van der Waals surface area contributed by atoms with E-state index in [2.05, 4.69) is 11.6 Å². The third kappa shape index (κ3) is 3.02. The topological polar surface area (TPSA) is 27.1 Å². The van der Waals surface area contributed by atoms with Crippen LogP contribution in [0.25, 0.3) is 11.0 Å². The van der Waals surface area contributed by atoms with Gasteiger partial charge >= 0.3 is 6.18 Å². The van der Waals surface area contributed by atoms with E-state index in [1.54, 1.807) is 0 Å². The number of aromatic nitrogens is 2. The molecule has 0 saturated carbocycles. The summed E-state index contributed by atoms with van der Waals surface area (Å²) in [6, 6.07) is 0.917. The standard InChI is InChI=1S/C14H14F3IN2O/c1-4-5-21-10-6-9(14(15,16)17)13-12(11(10)18)19-7-20(13)8(2)3/h4,6-8H,1,5H2,2-3H3. The van der Waals surface area contributed by atoms with E-state index >= 15 is 0 Å². The Hall–Kier alpha value is -1.25. The predicted octanol–water partition coefficient (Wildman–Crippen LogP) is 4.81. The number of benzene rings is 1. The van der Waals surface area contributed by atoms with Crippen molar-refractivity contribution in [3.63, 3.8) is 0 Å². The minimum Gasteiger partial charge on any atom is -0.488 e. The summed E-state index contributed by atoms with van der Waals surface area (Å²) in [6.45, 7) is 7.27. The number of imidazole rings is 1. The molecule has 0 bridgehead atoms. The lowest BCUT2D eigenvalue weighted by atomic mass is 10.1. The van der Waals surface area contributed by atoms with Crippen LogP contribution in [-0.4, -0.2) is 16.2 Å². The van der Waals surface area contributed by atoms with Gasteiger partial charge in [0.05, 0.1) is 21.0 Å². The molecular weight excluding hydrogens is 396 g/mol. The highest BCUT2D eigenvalue weighted by Crippen LogP contribution is 2.41. The fraction of sp³-hybridized carbons (Fsp3) is 0.357. The second-order valence-electron chi connectivity index (χ2n) is 4.78. The molecule has 2 aromatic rings. The van der Waals surface area contributed by atoms with Crippen molar-refractivity contribution in [2.24, 2.45) is 0 Å². The van der Waals surface area contributed by atoms with Gasteiger partial charge in [0, 0.05) is 6.04 Å². The van der Waals surface area contributed by atoms with Crippen LogP contribution in [0.1, 0.15) is 25.5 Å². The molecule has 0 N–H and O–H groups in total. The maximum absolute atomic E-state index is 13.4. The fourth-order valence-corrected chi connectivity index (χ4v) is 2.74. The van der Waals surface area contributed by atoms with E-state index in [1.807, 2.05) is 36.4 Å². The summed E-state index contributed by atoms with van der Waals surface area (Å²) in [5, 5.41) is 0. The Morgan fingerprint density at radius 2 is 2.14 bits per heavy atom. The van der Waals surface area contributed by atoms with Crippen LogP contribution < -0.4 is 4.74 Å². The average molecular weight is 410 g/mol. The minimum absolute atomic E-state index is 0.0906. The van der Waals surface area contributed by atoms with Crippen molar-refractivity contribution in [2.45, 2.75) is 26.1 Å². The van der Waals surface area contributed by atoms with Gasteiger partial charge in [-0.3, -0.25) is 0 Å². The van der Waals surface area contributed by atoms with Crippen molar-refractivity contribution < 1.29 is 17.9 Å². The summed E-state index contributed by atoms with van der Waals surface area (Å²) in [4.78, 5) is 4.13. The van der Waals surface area contributed by atoms with Crippen LogP contribution in [0.4, 0.5) is 13.2 Å². The Morgan fingerprint density at radius 1 is 1.48 bits per heavy atom. The fourth-order valence-electron chi connectivity index (χ4n) is 2.03. The van der Waals surface area contributed by atoms with Crippen molar-refractivity contribution in [1.82, 2.24) is 9.55 Å². The monoisotopic (exact) mass is 410 g/mol. The van der Waals surface area contributed by atoms with Crippen LogP contribution in [0.2, 0.25) is 0 Å². The average Bonchev–Trinajstić information content (AvgIpc) is 2.81.